The van der Waals surface area contributed by atoms with Crippen molar-refractivity contribution in [1.82, 2.24) is 9.88 Å². The summed E-state index contributed by atoms with van der Waals surface area (Å²) in [5.74, 6) is 2.08. The van der Waals surface area contributed by atoms with Gasteiger partial charge in [0.25, 0.3) is 6.02 Å². The zero-order valence-electron chi connectivity index (χ0n) is 11.5. The molecule has 0 aliphatic carbocycles. The molecule has 3 aliphatic rings. The van der Waals surface area contributed by atoms with E-state index < -0.39 is 0 Å². The summed E-state index contributed by atoms with van der Waals surface area (Å²) in [7, 11) is 1.63. The molecule has 3 atom stereocenters. The fourth-order valence-electron chi connectivity index (χ4n) is 3.42. The number of nitrogens with one attached hydrogen (secondary N) is 1. The number of amidine groups is 1. The first-order valence-corrected chi connectivity index (χ1v) is 7.00. The summed E-state index contributed by atoms with van der Waals surface area (Å²) >= 11 is 0. The number of methoxy groups -OCH3 is 1. The molecule has 3 aliphatic heterocycles. The van der Waals surface area contributed by atoms with Gasteiger partial charge in [0.2, 0.25) is 0 Å². The first-order valence-electron chi connectivity index (χ1n) is 7.00. The van der Waals surface area contributed by atoms with Crippen molar-refractivity contribution in [2.24, 2.45) is 10.9 Å². The van der Waals surface area contributed by atoms with Crippen molar-refractivity contribution in [2.75, 3.05) is 38.6 Å². The third-order valence-corrected chi connectivity index (χ3v) is 4.50. The number of ether oxygens (including phenoxy) is 2. The summed E-state index contributed by atoms with van der Waals surface area (Å²) in [5, 5.41) is 3.15. The van der Waals surface area contributed by atoms with Crippen LogP contribution in [-0.4, -0.2) is 54.8 Å². The van der Waals surface area contributed by atoms with E-state index in [4.69, 9.17) is 9.47 Å². The number of hydrogen-bond donors (Lipinski definition) is 1. The Morgan fingerprint density at radius 2 is 2.45 bits per heavy atom. The van der Waals surface area contributed by atoms with Gasteiger partial charge in [-0.15, -0.1) is 0 Å². The Morgan fingerprint density at radius 1 is 1.50 bits per heavy atom. The van der Waals surface area contributed by atoms with Crippen LogP contribution in [0.25, 0.3) is 0 Å². The largest absolute Gasteiger partial charge is 0.495 e. The van der Waals surface area contributed by atoms with Crippen molar-refractivity contribution in [2.45, 2.75) is 12.0 Å². The van der Waals surface area contributed by atoms with E-state index in [0.29, 0.717) is 11.9 Å². The molecule has 1 N–H and O–H groups in total. The van der Waals surface area contributed by atoms with Gasteiger partial charge in [-0.05, 0) is 25.1 Å². The smallest absolute Gasteiger partial charge is 0.291 e. The van der Waals surface area contributed by atoms with Gasteiger partial charge in [-0.2, -0.15) is 0 Å². The standard InChI is InChI=1S/C14H18N4O2/c1-19-11-2-3-12(15-6-11)17-13-16-8-14(20-13)9-18-5-4-10(14)7-18/h2-3,6,10H,4-5,7-9H2,1H3,(H,15,16,17)/t10-,14+/m1/s1. The topological polar surface area (TPSA) is 59.0 Å². The number of aromatic nitrogens is 1. The molecule has 1 aromatic heterocycles. The van der Waals surface area contributed by atoms with Gasteiger partial charge in [0.05, 0.1) is 19.9 Å². The summed E-state index contributed by atoms with van der Waals surface area (Å²) in [6.07, 6.45) is 2.90. The first kappa shape index (κ1) is 12.0. The second-order valence-electron chi connectivity index (χ2n) is 5.72. The van der Waals surface area contributed by atoms with Gasteiger partial charge in [0, 0.05) is 19.0 Å². The van der Waals surface area contributed by atoms with Gasteiger partial charge in [-0.3, -0.25) is 10.2 Å². The lowest BCUT2D eigenvalue weighted by Crippen LogP contribution is -2.46. The number of pyridine rings is 1. The number of hydrogen-bond acceptors (Lipinski definition) is 6. The van der Waals surface area contributed by atoms with Crippen molar-refractivity contribution in [3.05, 3.63) is 18.3 Å². The van der Waals surface area contributed by atoms with E-state index in [9.17, 15) is 0 Å². The molecule has 4 heterocycles. The van der Waals surface area contributed by atoms with E-state index >= 15 is 0 Å². The van der Waals surface area contributed by atoms with Crippen LogP contribution in [0.2, 0.25) is 0 Å². The molecule has 0 saturated carbocycles. The number of nitrogens with zero attached hydrogens (tertiary/aromatic N) is 3. The molecule has 0 unspecified atom stereocenters. The number of fused-ring (bicyclic) bond motifs is 3. The molecule has 106 valence electrons. The molecule has 0 aromatic carbocycles. The highest BCUT2D eigenvalue weighted by Crippen LogP contribution is 2.41. The van der Waals surface area contributed by atoms with Crippen LogP contribution in [0.4, 0.5) is 5.82 Å². The zero-order chi connectivity index (χ0) is 13.6. The van der Waals surface area contributed by atoms with E-state index in [1.807, 2.05) is 12.1 Å². The molecule has 0 radical (unpaired) electrons. The molecule has 1 spiro atoms. The average Bonchev–Trinajstić information content (AvgIpc) is 3.16. The third-order valence-electron chi connectivity index (χ3n) is 4.50. The Labute approximate surface area is 117 Å². The van der Waals surface area contributed by atoms with E-state index in [-0.39, 0.29) is 5.60 Å². The minimum Gasteiger partial charge on any atom is -0.495 e. The number of anilines is 1. The van der Waals surface area contributed by atoms with Crippen LogP contribution in [0.3, 0.4) is 0 Å². The minimum atomic E-state index is -0.0902. The lowest BCUT2D eigenvalue weighted by Gasteiger charge is -2.32. The van der Waals surface area contributed by atoms with Crippen molar-refractivity contribution < 1.29 is 9.47 Å². The molecule has 4 rings (SSSR count). The predicted octanol–water partition coefficient (Wildman–Crippen LogP) is 0.963. The molecule has 2 bridgehead atoms. The minimum absolute atomic E-state index is 0.0902. The van der Waals surface area contributed by atoms with Gasteiger partial charge in [-0.1, -0.05) is 0 Å². The van der Waals surface area contributed by atoms with E-state index in [2.05, 4.69) is 20.2 Å². The monoisotopic (exact) mass is 274 g/mol. The maximum atomic E-state index is 6.13. The Balaban J connectivity index is 1.43. The average molecular weight is 274 g/mol. The Bertz CT molecular complexity index is 545. The summed E-state index contributed by atoms with van der Waals surface area (Å²) in [6, 6.07) is 4.32. The van der Waals surface area contributed by atoms with Crippen LogP contribution >= 0.6 is 0 Å². The Morgan fingerprint density at radius 3 is 3.10 bits per heavy atom. The van der Waals surface area contributed by atoms with Crippen molar-refractivity contribution in [3.63, 3.8) is 0 Å². The number of rotatable bonds is 2. The van der Waals surface area contributed by atoms with Gasteiger partial charge < -0.3 is 9.47 Å². The van der Waals surface area contributed by atoms with E-state index in [1.165, 1.54) is 13.0 Å². The van der Waals surface area contributed by atoms with Crippen LogP contribution in [0.5, 0.6) is 5.75 Å². The quantitative estimate of drug-likeness (QED) is 0.870. The summed E-state index contributed by atoms with van der Waals surface area (Å²) in [6.45, 7) is 4.12. The molecule has 20 heavy (non-hydrogen) atoms. The number of piperidine rings is 1. The first-order chi connectivity index (χ1) is 9.77. The van der Waals surface area contributed by atoms with Crippen LogP contribution in [0.1, 0.15) is 6.42 Å². The number of aliphatic imine (C=N–C) groups is 1. The van der Waals surface area contributed by atoms with Crippen molar-refractivity contribution in [3.8, 4) is 5.75 Å². The molecule has 0 amide bonds. The SMILES string of the molecule is COc1ccc(NC2=NC[C@@]3(C[N@@]4CC[C@@H]3C4)O2)nc1. The lowest BCUT2D eigenvalue weighted by molar-refractivity contribution is 0.0364. The molecular weight excluding hydrogens is 256 g/mol. The highest BCUT2D eigenvalue weighted by molar-refractivity contribution is 5.89. The van der Waals surface area contributed by atoms with Crippen molar-refractivity contribution in [1.29, 1.82) is 0 Å². The maximum absolute atomic E-state index is 6.13. The van der Waals surface area contributed by atoms with E-state index in [0.717, 1.165) is 31.2 Å². The van der Waals surface area contributed by atoms with Crippen LogP contribution in [0, 0.1) is 5.92 Å². The fraction of sp³-hybridized carbons (Fsp3) is 0.571. The second kappa shape index (κ2) is 4.34. The second-order valence-corrected chi connectivity index (χ2v) is 5.72. The van der Waals surface area contributed by atoms with Gasteiger partial charge in [0.1, 0.15) is 17.2 Å². The van der Waals surface area contributed by atoms with Crippen LogP contribution < -0.4 is 10.1 Å². The van der Waals surface area contributed by atoms with Crippen molar-refractivity contribution >= 4 is 11.8 Å². The third kappa shape index (κ3) is 1.83. The predicted molar refractivity (Wildman–Crippen MR) is 75.1 cm³/mol. The Hall–Kier alpha value is -1.82. The zero-order valence-corrected chi connectivity index (χ0v) is 11.5. The van der Waals surface area contributed by atoms with Crippen LogP contribution in [0.15, 0.2) is 23.3 Å². The van der Waals surface area contributed by atoms with Gasteiger partial charge in [0.15, 0.2) is 0 Å². The molecule has 1 aromatic rings. The highest BCUT2D eigenvalue weighted by atomic mass is 16.5. The summed E-state index contributed by atoms with van der Waals surface area (Å²) in [4.78, 5) is 11.2. The lowest BCUT2D eigenvalue weighted by atomic mass is 9.88. The molecule has 6 nitrogen and oxygen atoms in total. The fourth-order valence-corrected chi connectivity index (χ4v) is 3.42. The normalized spacial score (nSPS) is 34.1. The molecule has 2 saturated heterocycles. The highest BCUT2D eigenvalue weighted by Gasteiger charge is 2.54. The molecule has 2 fully saturated rings. The van der Waals surface area contributed by atoms with Gasteiger partial charge in [-0.25, -0.2) is 9.98 Å². The van der Waals surface area contributed by atoms with Gasteiger partial charge >= 0.3 is 0 Å². The molecular formula is C14H18N4O2. The van der Waals surface area contributed by atoms with Crippen LogP contribution in [-0.2, 0) is 4.74 Å². The summed E-state index contributed by atoms with van der Waals surface area (Å²) in [5.41, 5.74) is -0.0902. The Kier molecular flexibility index (Phi) is 2.60. The van der Waals surface area contributed by atoms with E-state index in [1.54, 1.807) is 13.3 Å². The summed E-state index contributed by atoms with van der Waals surface area (Å²) < 4.78 is 11.2. The molecule has 6 heteroatoms. The maximum Gasteiger partial charge on any atom is 0.291 e.